The van der Waals surface area contributed by atoms with Crippen molar-refractivity contribution in [1.82, 2.24) is 0 Å². The van der Waals surface area contributed by atoms with E-state index >= 15 is 0 Å². The Labute approximate surface area is 139 Å². The zero-order chi connectivity index (χ0) is 14.5. The van der Waals surface area contributed by atoms with Gasteiger partial charge in [-0.2, -0.15) is 5.57 Å². The second-order valence-electron chi connectivity index (χ2n) is 4.65. The molecule has 0 aromatic heterocycles. The van der Waals surface area contributed by atoms with Crippen LogP contribution in [0, 0.1) is 6.92 Å². The average Bonchev–Trinajstić information content (AvgIpc) is 2.47. The van der Waals surface area contributed by atoms with Gasteiger partial charge in [0.05, 0.1) is 6.61 Å². The number of methoxy groups -OCH3 is 1. The second kappa shape index (κ2) is 14.2. The molecule has 0 unspecified atom stereocenters. The van der Waals surface area contributed by atoms with Gasteiger partial charge >= 0.3 is 17.1 Å². The van der Waals surface area contributed by atoms with Crippen molar-refractivity contribution >= 4 is 0 Å². The van der Waals surface area contributed by atoms with Gasteiger partial charge < -0.3 is 14.2 Å². The van der Waals surface area contributed by atoms with Gasteiger partial charge in [-0.15, -0.1) is 6.42 Å². The van der Waals surface area contributed by atoms with Crippen LogP contribution in [0.3, 0.4) is 0 Å². The monoisotopic (exact) mass is 340 g/mol. The first-order chi connectivity index (χ1) is 9.83. The van der Waals surface area contributed by atoms with E-state index in [4.69, 9.17) is 14.2 Å². The Morgan fingerprint density at radius 2 is 1.90 bits per heavy atom. The number of ether oxygens (including phenoxy) is 3. The maximum Gasteiger partial charge on any atom is 1.00 e. The van der Waals surface area contributed by atoms with Crippen LogP contribution in [0.5, 0.6) is 0 Å². The molecule has 1 rings (SSSR count). The van der Waals surface area contributed by atoms with Gasteiger partial charge in [-0.05, 0) is 12.0 Å². The van der Waals surface area contributed by atoms with E-state index in [0.717, 1.165) is 31.4 Å². The summed E-state index contributed by atoms with van der Waals surface area (Å²) in [6.45, 7) is 6.29. The van der Waals surface area contributed by atoms with Gasteiger partial charge in [0, 0.05) is 20.3 Å². The Bertz CT molecular complexity index is 366. The zero-order valence-corrected chi connectivity index (χ0v) is 13.6. The second-order valence-corrected chi connectivity index (χ2v) is 4.65. The molecule has 4 heteroatoms. The summed E-state index contributed by atoms with van der Waals surface area (Å²) in [5.41, 5.74) is 2.23. The predicted octanol–water partition coefficient (Wildman–Crippen LogP) is 3.75. The molecule has 0 atom stereocenters. The fourth-order valence-corrected chi connectivity index (χ4v) is 1.73. The smallest absolute Gasteiger partial charge is 0.377 e. The maximum atomic E-state index is 5.63. The number of unbranched alkanes of at least 4 members (excludes halogenated alkanes) is 2. The van der Waals surface area contributed by atoms with Crippen molar-refractivity contribution in [3.05, 3.63) is 54.5 Å². The van der Waals surface area contributed by atoms with Crippen LogP contribution >= 0.6 is 0 Å². The zero-order valence-electron chi connectivity index (χ0n) is 12.6. The molecule has 0 saturated heterocycles. The Balaban J connectivity index is 0.00000400. The Hall–Kier alpha value is -0.771. The maximum absolute atomic E-state index is 5.63. The first-order valence-corrected chi connectivity index (χ1v) is 7.02. The minimum Gasteiger partial charge on any atom is -0.377 e. The molecule has 21 heavy (non-hydrogen) atoms. The molecule has 0 aliphatic carbocycles. The third-order valence-electron chi connectivity index (χ3n) is 2.78. The third-order valence-corrected chi connectivity index (χ3v) is 2.78. The summed E-state index contributed by atoms with van der Waals surface area (Å²) >= 11 is 0. The summed E-state index contributed by atoms with van der Waals surface area (Å²) in [5, 5.41) is 0. The van der Waals surface area contributed by atoms with Crippen molar-refractivity contribution in [2.24, 2.45) is 0 Å². The van der Waals surface area contributed by atoms with Crippen molar-refractivity contribution in [2.45, 2.75) is 25.9 Å². The molecule has 0 spiro atoms. The van der Waals surface area contributed by atoms with E-state index in [9.17, 15) is 0 Å². The summed E-state index contributed by atoms with van der Waals surface area (Å²) in [5.74, 6) is 0. The summed E-state index contributed by atoms with van der Waals surface area (Å²) in [6.07, 6.45) is 5.31. The molecule has 3 nitrogen and oxygen atoms in total. The standard InChI is InChI=1S/C17H25O3.Cu/c1-16(13-20-15-18-2)9-5-4-8-12-19-14-17-10-6-3-7-11-17;/h3,6-7,9-11H,1,4-5,8,12-15H2,2H3;/q-1;+1/b16-9+;. The van der Waals surface area contributed by atoms with E-state index in [-0.39, 0.29) is 17.1 Å². The van der Waals surface area contributed by atoms with Crippen LogP contribution in [0.25, 0.3) is 0 Å². The number of hydrogen-bond donors (Lipinski definition) is 0. The number of benzene rings is 1. The predicted molar refractivity (Wildman–Crippen MR) is 81.2 cm³/mol. The van der Waals surface area contributed by atoms with E-state index in [2.05, 4.69) is 25.1 Å². The third kappa shape index (κ3) is 11.6. The first-order valence-electron chi connectivity index (χ1n) is 7.02. The summed E-state index contributed by atoms with van der Waals surface area (Å²) < 4.78 is 15.6. The molecule has 122 valence electrons. The van der Waals surface area contributed by atoms with Crippen LogP contribution in [-0.4, -0.2) is 27.1 Å². The topological polar surface area (TPSA) is 27.7 Å². The summed E-state index contributed by atoms with van der Waals surface area (Å²) in [7, 11) is 1.61. The van der Waals surface area contributed by atoms with Crippen LogP contribution in [0.15, 0.2) is 42.0 Å². The van der Waals surface area contributed by atoms with Crippen LogP contribution < -0.4 is 0 Å². The van der Waals surface area contributed by atoms with E-state index in [0.29, 0.717) is 20.0 Å². The van der Waals surface area contributed by atoms with Crippen molar-refractivity contribution in [2.75, 3.05) is 27.1 Å². The van der Waals surface area contributed by atoms with Crippen molar-refractivity contribution in [3.8, 4) is 0 Å². The Morgan fingerprint density at radius 3 is 2.62 bits per heavy atom. The Kier molecular flexibility index (Phi) is 13.7. The van der Waals surface area contributed by atoms with E-state index < -0.39 is 0 Å². The molecule has 0 saturated carbocycles. The first kappa shape index (κ1) is 20.2. The molecular weight excluding hydrogens is 316 g/mol. The van der Waals surface area contributed by atoms with Crippen LogP contribution in [0.1, 0.15) is 24.8 Å². The van der Waals surface area contributed by atoms with E-state index in [1.807, 2.05) is 18.2 Å². The number of hydrogen-bond acceptors (Lipinski definition) is 3. The molecule has 0 bridgehead atoms. The average molecular weight is 341 g/mol. The van der Waals surface area contributed by atoms with Gasteiger partial charge in [-0.1, -0.05) is 36.8 Å². The van der Waals surface area contributed by atoms with Crippen LogP contribution in [0.2, 0.25) is 0 Å². The quantitative estimate of drug-likeness (QED) is 0.266. The minimum absolute atomic E-state index is 0. The molecule has 0 N–H and O–H groups in total. The summed E-state index contributed by atoms with van der Waals surface area (Å²) in [4.78, 5) is 0. The van der Waals surface area contributed by atoms with Gasteiger partial charge in [-0.3, -0.25) is 0 Å². The van der Waals surface area contributed by atoms with Crippen LogP contribution in [-0.2, 0) is 37.9 Å². The van der Waals surface area contributed by atoms with Crippen molar-refractivity contribution in [1.29, 1.82) is 0 Å². The largest absolute Gasteiger partial charge is 1.00 e. The molecule has 0 aliphatic rings. The van der Waals surface area contributed by atoms with E-state index in [1.54, 1.807) is 7.11 Å². The molecule has 0 amide bonds. The van der Waals surface area contributed by atoms with Gasteiger partial charge in [0.15, 0.2) is 0 Å². The van der Waals surface area contributed by atoms with Crippen LogP contribution in [0.4, 0.5) is 0 Å². The van der Waals surface area contributed by atoms with Gasteiger partial charge in [0.2, 0.25) is 0 Å². The fraction of sp³-hybridized carbons (Fsp3) is 0.471. The van der Waals surface area contributed by atoms with Crippen molar-refractivity contribution in [3.63, 3.8) is 0 Å². The SMILES string of the molecule is [CH2-]/C(=C\CCCCOCc1ccccc1)COCOC.[Cu+]. The molecule has 0 fully saturated rings. The van der Waals surface area contributed by atoms with Crippen molar-refractivity contribution < 1.29 is 31.3 Å². The number of rotatable bonds is 11. The molecule has 1 aromatic carbocycles. The van der Waals surface area contributed by atoms with E-state index in [1.165, 1.54) is 5.56 Å². The molecule has 1 aromatic rings. The fourth-order valence-electron chi connectivity index (χ4n) is 1.73. The Morgan fingerprint density at radius 1 is 1.14 bits per heavy atom. The molecule has 0 heterocycles. The minimum atomic E-state index is 0. The normalized spacial score (nSPS) is 11.2. The number of allylic oxidation sites excluding steroid dienone is 1. The molecular formula is C17H25CuO3. The van der Waals surface area contributed by atoms with Gasteiger partial charge in [0.25, 0.3) is 0 Å². The molecule has 0 radical (unpaired) electrons. The summed E-state index contributed by atoms with van der Waals surface area (Å²) in [6, 6.07) is 10.2. The van der Waals surface area contributed by atoms with Gasteiger partial charge in [-0.25, -0.2) is 13.0 Å². The van der Waals surface area contributed by atoms with Gasteiger partial charge in [0.1, 0.15) is 6.79 Å². The molecule has 0 aliphatic heterocycles.